The molecule has 23 heavy (non-hydrogen) atoms. The molecule has 4 nitrogen and oxygen atoms in total. The van der Waals surface area contributed by atoms with Crippen LogP contribution >= 0.6 is 0 Å². The maximum atomic E-state index is 12.4. The first-order valence-corrected chi connectivity index (χ1v) is 8.83. The Morgan fingerprint density at radius 3 is 2.91 bits per heavy atom. The van der Waals surface area contributed by atoms with Crippen molar-refractivity contribution in [3.63, 3.8) is 0 Å². The molecule has 1 amide bonds. The summed E-state index contributed by atoms with van der Waals surface area (Å²) >= 11 is 0. The van der Waals surface area contributed by atoms with Crippen molar-refractivity contribution in [3.8, 4) is 0 Å². The number of hydrogen-bond acceptors (Lipinski definition) is 3. The summed E-state index contributed by atoms with van der Waals surface area (Å²) in [5.41, 5.74) is 1.10. The molecule has 0 aliphatic carbocycles. The van der Waals surface area contributed by atoms with Crippen molar-refractivity contribution in [3.05, 3.63) is 35.9 Å². The molecule has 1 aliphatic rings. The molecule has 2 rings (SSSR count). The number of carbonyl (C=O) groups excluding carboxylic acids is 1. The van der Waals surface area contributed by atoms with Gasteiger partial charge < -0.3 is 14.8 Å². The number of hydrogen-bond donors (Lipinski definition) is 1. The van der Waals surface area contributed by atoms with Gasteiger partial charge in [0.05, 0.1) is 18.6 Å². The Labute approximate surface area is 139 Å². The summed E-state index contributed by atoms with van der Waals surface area (Å²) in [6.07, 6.45) is 5.24. The van der Waals surface area contributed by atoms with Gasteiger partial charge in [0.2, 0.25) is 5.91 Å². The zero-order valence-corrected chi connectivity index (χ0v) is 14.1. The fraction of sp³-hybridized carbons (Fsp3) is 0.632. The number of ether oxygens (including phenoxy) is 2. The highest BCUT2D eigenvalue weighted by Crippen LogP contribution is 2.21. The smallest absolute Gasteiger partial charge is 0.227 e. The van der Waals surface area contributed by atoms with E-state index in [9.17, 15) is 4.79 Å². The van der Waals surface area contributed by atoms with Crippen LogP contribution in [0.2, 0.25) is 0 Å². The zero-order valence-electron chi connectivity index (χ0n) is 14.1. The first-order chi connectivity index (χ1) is 11.3. The minimum absolute atomic E-state index is 0.0472. The van der Waals surface area contributed by atoms with E-state index in [1.165, 1.54) is 0 Å². The topological polar surface area (TPSA) is 47.6 Å². The molecule has 0 aromatic heterocycles. The van der Waals surface area contributed by atoms with E-state index in [2.05, 4.69) is 12.2 Å². The van der Waals surface area contributed by atoms with Crippen LogP contribution in [0, 0.1) is 0 Å². The highest BCUT2D eigenvalue weighted by Gasteiger charge is 2.19. The molecular formula is C19H29NO3. The number of rotatable bonds is 10. The van der Waals surface area contributed by atoms with Crippen LogP contribution in [0.4, 0.5) is 0 Å². The normalized spacial score (nSPS) is 18.7. The van der Waals surface area contributed by atoms with Gasteiger partial charge in [-0.2, -0.15) is 0 Å². The standard InChI is InChI=1S/C19H29NO3/c1-2-8-18(16-9-4-3-5-10-16)19(21)20-12-7-13-22-15-17-11-6-14-23-17/h3-5,9-10,17-18H,2,6-8,11-15H2,1H3,(H,20,21). The fourth-order valence-electron chi connectivity index (χ4n) is 2.92. The van der Waals surface area contributed by atoms with E-state index < -0.39 is 0 Å². The Hall–Kier alpha value is -1.39. The van der Waals surface area contributed by atoms with Crippen LogP contribution in [0.5, 0.6) is 0 Å². The number of amides is 1. The number of carbonyl (C=O) groups is 1. The van der Waals surface area contributed by atoms with Gasteiger partial charge in [-0.15, -0.1) is 0 Å². The van der Waals surface area contributed by atoms with E-state index in [4.69, 9.17) is 9.47 Å². The summed E-state index contributed by atoms with van der Waals surface area (Å²) in [4.78, 5) is 12.4. The average Bonchev–Trinajstić information content (AvgIpc) is 3.10. The first kappa shape index (κ1) is 18.0. The molecule has 1 N–H and O–H groups in total. The SMILES string of the molecule is CCCC(C(=O)NCCCOCC1CCCO1)c1ccccc1. The molecule has 0 radical (unpaired) electrons. The summed E-state index contributed by atoms with van der Waals surface area (Å²) in [5, 5.41) is 3.04. The van der Waals surface area contributed by atoms with Gasteiger partial charge in [-0.25, -0.2) is 0 Å². The van der Waals surface area contributed by atoms with Crippen LogP contribution in [0.15, 0.2) is 30.3 Å². The molecule has 0 bridgehead atoms. The maximum absolute atomic E-state index is 12.4. The number of benzene rings is 1. The van der Waals surface area contributed by atoms with Crippen molar-refractivity contribution in [1.29, 1.82) is 0 Å². The van der Waals surface area contributed by atoms with Crippen LogP contribution in [0.3, 0.4) is 0 Å². The third kappa shape index (κ3) is 6.32. The lowest BCUT2D eigenvalue weighted by molar-refractivity contribution is -0.122. The van der Waals surface area contributed by atoms with Gasteiger partial charge >= 0.3 is 0 Å². The first-order valence-electron chi connectivity index (χ1n) is 8.83. The Morgan fingerprint density at radius 1 is 1.39 bits per heavy atom. The molecule has 4 heteroatoms. The van der Waals surface area contributed by atoms with Gasteiger partial charge in [-0.1, -0.05) is 43.7 Å². The fourth-order valence-corrected chi connectivity index (χ4v) is 2.92. The Morgan fingerprint density at radius 2 is 2.22 bits per heavy atom. The van der Waals surface area contributed by atoms with E-state index in [1.807, 2.05) is 30.3 Å². The molecule has 128 valence electrons. The average molecular weight is 319 g/mol. The Kier molecular flexibility index (Phi) is 8.12. The lowest BCUT2D eigenvalue weighted by Crippen LogP contribution is -2.31. The zero-order chi connectivity index (χ0) is 16.3. The molecule has 0 spiro atoms. The summed E-state index contributed by atoms with van der Waals surface area (Å²) < 4.78 is 11.1. The molecule has 1 aliphatic heterocycles. The van der Waals surface area contributed by atoms with Gasteiger partial charge in [-0.3, -0.25) is 4.79 Å². The van der Waals surface area contributed by atoms with E-state index in [0.717, 1.165) is 44.3 Å². The van der Waals surface area contributed by atoms with Crippen LogP contribution in [-0.2, 0) is 14.3 Å². The second kappa shape index (κ2) is 10.4. The van der Waals surface area contributed by atoms with Gasteiger partial charge in [0.1, 0.15) is 0 Å². The molecule has 1 heterocycles. The summed E-state index contributed by atoms with van der Waals surface area (Å²) in [5.74, 6) is 0.0752. The highest BCUT2D eigenvalue weighted by atomic mass is 16.5. The lowest BCUT2D eigenvalue weighted by atomic mass is 9.93. The highest BCUT2D eigenvalue weighted by molar-refractivity contribution is 5.83. The lowest BCUT2D eigenvalue weighted by Gasteiger charge is -2.16. The van der Waals surface area contributed by atoms with E-state index in [1.54, 1.807) is 0 Å². The third-order valence-electron chi connectivity index (χ3n) is 4.19. The van der Waals surface area contributed by atoms with Gasteiger partial charge in [0.25, 0.3) is 0 Å². The number of nitrogens with one attached hydrogen (secondary N) is 1. The Bertz CT molecular complexity index is 443. The van der Waals surface area contributed by atoms with Gasteiger partial charge in [0, 0.05) is 19.8 Å². The molecule has 2 atom stereocenters. The van der Waals surface area contributed by atoms with Gasteiger partial charge in [0.15, 0.2) is 0 Å². The van der Waals surface area contributed by atoms with Crippen molar-refractivity contribution in [1.82, 2.24) is 5.32 Å². The van der Waals surface area contributed by atoms with Gasteiger partial charge in [-0.05, 0) is 31.2 Å². The summed E-state index contributed by atoms with van der Waals surface area (Å²) in [6, 6.07) is 10.0. The predicted octanol–water partition coefficient (Wildman–Crippen LogP) is 3.27. The molecule has 1 fully saturated rings. The van der Waals surface area contributed by atoms with Crippen molar-refractivity contribution in [2.45, 2.75) is 51.0 Å². The van der Waals surface area contributed by atoms with E-state index >= 15 is 0 Å². The maximum Gasteiger partial charge on any atom is 0.227 e. The Balaban J connectivity index is 1.63. The van der Waals surface area contributed by atoms with Crippen LogP contribution in [-0.4, -0.2) is 38.4 Å². The van der Waals surface area contributed by atoms with Crippen molar-refractivity contribution in [2.75, 3.05) is 26.4 Å². The van der Waals surface area contributed by atoms with E-state index in [0.29, 0.717) is 19.8 Å². The minimum Gasteiger partial charge on any atom is -0.379 e. The van der Waals surface area contributed by atoms with Crippen molar-refractivity contribution >= 4 is 5.91 Å². The molecule has 1 aromatic rings. The predicted molar refractivity (Wildman–Crippen MR) is 91.5 cm³/mol. The molecular weight excluding hydrogens is 290 g/mol. The van der Waals surface area contributed by atoms with Crippen molar-refractivity contribution in [2.24, 2.45) is 0 Å². The third-order valence-corrected chi connectivity index (χ3v) is 4.19. The molecule has 2 unspecified atom stereocenters. The van der Waals surface area contributed by atoms with Crippen LogP contribution < -0.4 is 5.32 Å². The largest absolute Gasteiger partial charge is 0.379 e. The molecule has 1 aromatic carbocycles. The monoisotopic (exact) mass is 319 g/mol. The quantitative estimate of drug-likeness (QED) is 0.673. The summed E-state index contributed by atoms with van der Waals surface area (Å²) in [6.45, 7) is 4.99. The van der Waals surface area contributed by atoms with Crippen LogP contribution in [0.25, 0.3) is 0 Å². The minimum atomic E-state index is -0.0472. The molecule has 1 saturated heterocycles. The second-order valence-electron chi connectivity index (χ2n) is 6.11. The summed E-state index contributed by atoms with van der Waals surface area (Å²) in [7, 11) is 0. The van der Waals surface area contributed by atoms with Crippen molar-refractivity contribution < 1.29 is 14.3 Å². The second-order valence-corrected chi connectivity index (χ2v) is 6.11. The molecule has 0 saturated carbocycles. The van der Waals surface area contributed by atoms with Crippen LogP contribution in [0.1, 0.15) is 50.5 Å². The van der Waals surface area contributed by atoms with E-state index in [-0.39, 0.29) is 17.9 Å².